The van der Waals surface area contributed by atoms with Gasteiger partial charge in [0.05, 0.1) is 19.4 Å². The highest BCUT2D eigenvalue weighted by atomic mass is 79.9. The first-order valence-corrected chi connectivity index (χ1v) is 16.2. The predicted molar refractivity (Wildman–Crippen MR) is 171 cm³/mol. The molecule has 218 valence electrons. The normalized spacial score (nSPS) is 10.1. The molecule has 40 heavy (non-hydrogen) atoms. The minimum Gasteiger partial charge on any atom is -0.309 e. The highest BCUT2D eigenvalue weighted by molar-refractivity contribution is 9.10. The molecule has 8 heteroatoms. The van der Waals surface area contributed by atoms with E-state index in [-0.39, 0.29) is 11.6 Å². The van der Waals surface area contributed by atoms with Crippen LogP contribution in [-0.4, -0.2) is 36.8 Å². The number of alkyl halides is 1. The van der Waals surface area contributed by atoms with Gasteiger partial charge >= 0.3 is 7.60 Å². The number of carbonyl (C=O) groups is 2. The van der Waals surface area contributed by atoms with Crippen molar-refractivity contribution in [2.24, 2.45) is 0 Å². The Kier molecular flexibility index (Phi) is 20.4. The average Bonchev–Trinajstić information content (AvgIpc) is 2.90. The number of carbonyl (C=O) groups excluding carboxylic acids is 2. The lowest BCUT2D eigenvalue weighted by molar-refractivity contribution is 0.100. The number of ketones is 2. The van der Waals surface area contributed by atoms with Crippen LogP contribution >= 0.6 is 35.1 Å². The second-order valence-electron chi connectivity index (χ2n) is 8.68. The zero-order valence-corrected chi connectivity index (χ0v) is 27.7. The number of unbranched alkanes of at least 4 members (excludes halogenated alkanes) is 2. The first-order chi connectivity index (χ1) is 18.9. The maximum absolute atomic E-state index is 12.3. The Bertz CT molecular complexity index is 1230. The van der Waals surface area contributed by atoms with Crippen molar-refractivity contribution >= 4 is 46.7 Å². The summed E-state index contributed by atoms with van der Waals surface area (Å²) in [5, 5.41) is 0. The topological polar surface area (TPSA) is 69.7 Å². The van der Waals surface area contributed by atoms with Gasteiger partial charge < -0.3 is 9.05 Å². The van der Waals surface area contributed by atoms with Gasteiger partial charge in [-0.2, -0.15) is 0 Å². The van der Waals surface area contributed by atoms with Gasteiger partial charge in [0.1, 0.15) is 0 Å². The molecule has 0 spiro atoms. The number of Topliss-reactive ketones (excluding diaryl/α,β-unsaturated/α-hetero) is 2. The molecule has 0 aliphatic rings. The number of hydrogen-bond acceptors (Lipinski definition) is 5. The second-order valence-corrected chi connectivity index (χ2v) is 12.1. The molecule has 0 bridgehead atoms. The molecular weight excluding hydrogens is 611 g/mol. The Morgan fingerprint density at radius 1 is 0.925 bits per heavy atom. The zero-order chi connectivity index (χ0) is 30.6. The molecule has 0 heterocycles. The van der Waals surface area contributed by atoms with Crippen LogP contribution in [0.15, 0.2) is 40.9 Å². The molecular formula is C32H41BrClO5P. The van der Waals surface area contributed by atoms with E-state index < -0.39 is 7.60 Å². The summed E-state index contributed by atoms with van der Waals surface area (Å²) < 4.78 is 23.8. The van der Waals surface area contributed by atoms with E-state index in [1.807, 2.05) is 50.2 Å². The van der Waals surface area contributed by atoms with Crippen LogP contribution in [0.3, 0.4) is 0 Å². The molecule has 0 fully saturated rings. The summed E-state index contributed by atoms with van der Waals surface area (Å²) in [4.78, 5) is 22.3. The van der Waals surface area contributed by atoms with E-state index in [1.54, 1.807) is 27.7 Å². The third-order valence-corrected chi connectivity index (χ3v) is 8.57. The number of halogens is 2. The first-order valence-electron chi connectivity index (χ1n) is 13.2. The Balaban J connectivity index is 0.000000733. The predicted octanol–water partition coefficient (Wildman–Crippen LogP) is 9.19. The summed E-state index contributed by atoms with van der Waals surface area (Å²) in [7, 11) is -2.97. The molecule has 0 radical (unpaired) electrons. The van der Waals surface area contributed by atoms with Crippen molar-refractivity contribution in [2.45, 2.75) is 67.2 Å². The van der Waals surface area contributed by atoms with Gasteiger partial charge in [0, 0.05) is 39.9 Å². The van der Waals surface area contributed by atoms with Crippen molar-refractivity contribution in [3.63, 3.8) is 0 Å². The molecule has 0 atom stereocenters. The van der Waals surface area contributed by atoms with E-state index in [2.05, 4.69) is 33.7 Å². The van der Waals surface area contributed by atoms with Gasteiger partial charge in [-0.15, -0.1) is 23.9 Å². The minimum absolute atomic E-state index is 0.0300. The summed E-state index contributed by atoms with van der Waals surface area (Å²) >= 11 is 8.65. The van der Waals surface area contributed by atoms with E-state index in [4.69, 9.17) is 27.1 Å². The minimum atomic E-state index is -2.97. The Labute approximate surface area is 254 Å². The van der Waals surface area contributed by atoms with Gasteiger partial charge in [0.2, 0.25) is 0 Å². The fourth-order valence-electron chi connectivity index (χ4n) is 3.03. The highest BCUT2D eigenvalue weighted by Gasteiger charge is 2.22. The van der Waals surface area contributed by atoms with Gasteiger partial charge in [-0.05, 0) is 77.6 Å². The summed E-state index contributed by atoms with van der Waals surface area (Å²) in [6.07, 6.45) is 8.28. The summed E-state index contributed by atoms with van der Waals surface area (Å²) in [6, 6.07) is 11.1. The Morgan fingerprint density at radius 2 is 1.48 bits per heavy atom. The van der Waals surface area contributed by atoms with Crippen molar-refractivity contribution in [1.29, 1.82) is 0 Å². The summed E-state index contributed by atoms with van der Waals surface area (Å²) in [5.41, 5.74) is 4.46. The van der Waals surface area contributed by atoms with Crippen molar-refractivity contribution in [1.82, 2.24) is 0 Å². The van der Waals surface area contributed by atoms with Crippen molar-refractivity contribution in [3.8, 4) is 24.2 Å². The van der Waals surface area contributed by atoms with Crippen LogP contribution in [0.2, 0.25) is 0 Å². The van der Waals surface area contributed by atoms with Gasteiger partial charge in [-0.1, -0.05) is 52.0 Å². The molecule has 5 nitrogen and oxygen atoms in total. The van der Waals surface area contributed by atoms with Crippen LogP contribution in [-0.2, 0) is 13.6 Å². The first kappa shape index (κ1) is 37.8. The van der Waals surface area contributed by atoms with E-state index >= 15 is 0 Å². The van der Waals surface area contributed by atoms with Crippen LogP contribution in [0.25, 0.3) is 0 Å². The number of benzene rings is 2. The van der Waals surface area contributed by atoms with E-state index in [0.29, 0.717) is 43.7 Å². The summed E-state index contributed by atoms with van der Waals surface area (Å²) in [6.45, 7) is 11.4. The molecule has 0 saturated heterocycles. The van der Waals surface area contributed by atoms with E-state index in [0.717, 1.165) is 39.6 Å². The number of terminal acetylenes is 1. The largest absolute Gasteiger partial charge is 0.330 e. The Hall–Kier alpha value is -2.18. The van der Waals surface area contributed by atoms with Crippen LogP contribution in [0.4, 0.5) is 0 Å². The van der Waals surface area contributed by atoms with Crippen LogP contribution in [0, 0.1) is 38.0 Å². The van der Waals surface area contributed by atoms with Crippen LogP contribution in [0.5, 0.6) is 0 Å². The standard InChI is InChI=1S/C18H25O4P.C9H9BrO.C5H7Cl/c1-5-21-23(20,22-6-2)13-9-7-8-10-17-14-18(16(4)19)12-11-15(17)3;1-6-3-4-8(7(2)11)5-9(6)10;1-2-3-4-5-6/h11-12,14H,5-7,9,13H2,1-4H3;3-5H,1-2H3;1H,3-5H2. The molecule has 0 N–H and O–H groups in total. The SMILES string of the molecule is C#CCCCCl.CC(=O)c1ccc(C)c(Br)c1.CCOP(=O)(CCCC#Cc1cc(C(C)=O)ccc1C)OCC. The molecule has 0 saturated carbocycles. The number of aryl methyl sites for hydroxylation is 2. The van der Waals surface area contributed by atoms with Crippen molar-refractivity contribution < 1.29 is 23.2 Å². The van der Waals surface area contributed by atoms with Crippen LogP contribution in [0.1, 0.15) is 90.8 Å². The molecule has 0 aliphatic carbocycles. The maximum Gasteiger partial charge on any atom is 0.330 e. The lowest BCUT2D eigenvalue weighted by Crippen LogP contribution is -2.00. The zero-order valence-electron chi connectivity index (χ0n) is 24.4. The number of hydrogen-bond donors (Lipinski definition) is 0. The third-order valence-electron chi connectivity index (χ3n) is 5.29. The second kappa shape index (κ2) is 21.6. The van der Waals surface area contributed by atoms with E-state index in [9.17, 15) is 14.2 Å². The fourth-order valence-corrected chi connectivity index (χ4v) is 5.21. The molecule has 2 aromatic carbocycles. The van der Waals surface area contributed by atoms with Gasteiger partial charge in [0.15, 0.2) is 11.6 Å². The highest BCUT2D eigenvalue weighted by Crippen LogP contribution is 2.48. The smallest absolute Gasteiger partial charge is 0.309 e. The summed E-state index contributed by atoms with van der Waals surface area (Å²) in [5.74, 6) is 9.46. The Morgan fingerprint density at radius 3 is 1.93 bits per heavy atom. The van der Waals surface area contributed by atoms with Crippen LogP contribution < -0.4 is 0 Å². The van der Waals surface area contributed by atoms with Gasteiger partial charge in [-0.3, -0.25) is 14.2 Å². The molecule has 0 aliphatic heterocycles. The lowest BCUT2D eigenvalue weighted by Gasteiger charge is -2.15. The van der Waals surface area contributed by atoms with Crippen molar-refractivity contribution in [2.75, 3.05) is 25.3 Å². The molecule has 0 unspecified atom stereocenters. The third kappa shape index (κ3) is 16.2. The van der Waals surface area contributed by atoms with Gasteiger partial charge in [0.25, 0.3) is 0 Å². The quantitative estimate of drug-likeness (QED) is 0.0797. The molecule has 0 amide bonds. The van der Waals surface area contributed by atoms with E-state index in [1.165, 1.54) is 0 Å². The lowest BCUT2D eigenvalue weighted by atomic mass is 10.0. The fraction of sp³-hybridized carbons (Fsp3) is 0.438. The monoisotopic (exact) mass is 650 g/mol. The maximum atomic E-state index is 12.3. The molecule has 2 rings (SSSR count). The molecule has 0 aromatic heterocycles. The van der Waals surface area contributed by atoms with Crippen molar-refractivity contribution in [3.05, 3.63) is 68.7 Å². The van der Waals surface area contributed by atoms with Gasteiger partial charge in [-0.25, -0.2) is 0 Å². The average molecular weight is 652 g/mol. The molecule has 2 aromatic rings. The number of rotatable bonds is 11.